The second-order valence-electron chi connectivity index (χ2n) is 3.28. The number of hydrogen-bond acceptors (Lipinski definition) is 2. The van der Waals surface area contributed by atoms with Crippen LogP contribution in [0.2, 0.25) is 0 Å². The molecule has 2 rings (SSSR count). The van der Waals surface area contributed by atoms with Gasteiger partial charge < -0.3 is 0 Å². The lowest BCUT2D eigenvalue weighted by Gasteiger charge is -2.06. The van der Waals surface area contributed by atoms with Gasteiger partial charge in [0.05, 0.1) is 5.69 Å². The lowest BCUT2D eigenvalue weighted by Crippen LogP contribution is -1.91. The number of pyridine rings is 2. The third-order valence-electron chi connectivity index (χ3n) is 2.40. The third-order valence-corrected chi connectivity index (χ3v) is 2.40. The summed E-state index contributed by atoms with van der Waals surface area (Å²) >= 11 is 0. The van der Waals surface area contributed by atoms with Crippen LogP contribution in [-0.2, 0) is 0 Å². The van der Waals surface area contributed by atoms with Crippen LogP contribution in [0.4, 0.5) is 0 Å². The average Bonchev–Trinajstić information content (AvgIpc) is 2.23. The Kier molecular flexibility index (Phi) is 2.27. The second-order valence-corrected chi connectivity index (χ2v) is 3.28. The Morgan fingerprint density at radius 2 is 1.79 bits per heavy atom. The molecule has 2 aromatic rings. The summed E-state index contributed by atoms with van der Waals surface area (Å²) < 4.78 is 0. The molecular formula is C12H12N2. The molecule has 0 fully saturated rings. The zero-order chi connectivity index (χ0) is 9.97. The van der Waals surface area contributed by atoms with E-state index < -0.39 is 0 Å². The predicted octanol–water partition coefficient (Wildman–Crippen LogP) is 2.76. The fourth-order valence-corrected chi connectivity index (χ4v) is 1.44. The Morgan fingerprint density at radius 3 is 2.50 bits per heavy atom. The van der Waals surface area contributed by atoms with Crippen molar-refractivity contribution >= 4 is 0 Å². The first kappa shape index (κ1) is 8.88. The van der Waals surface area contributed by atoms with Gasteiger partial charge in [-0.25, -0.2) is 0 Å². The molecule has 0 spiro atoms. The average molecular weight is 184 g/mol. The summed E-state index contributed by atoms with van der Waals surface area (Å²) in [7, 11) is 0. The van der Waals surface area contributed by atoms with Crippen LogP contribution in [0.25, 0.3) is 11.3 Å². The number of rotatable bonds is 1. The zero-order valence-corrected chi connectivity index (χ0v) is 8.36. The number of nitrogens with zero attached hydrogens (tertiary/aromatic N) is 2. The second kappa shape index (κ2) is 3.58. The van der Waals surface area contributed by atoms with Gasteiger partial charge in [-0.3, -0.25) is 9.97 Å². The van der Waals surface area contributed by atoms with Gasteiger partial charge in [0, 0.05) is 23.7 Å². The standard InChI is InChI=1S/C12H12N2/c1-9-10(2)13-8-6-11(9)12-5-3-4-7-14-12/h3-8H,1-2H3. The van der Waals surface area contributed by atoms with Crippen molar-refractivity contribution in [3.8, 4) is 11.3 Å². The molecule has 0 bridgehead atoms. The van der Waals surface area contributed by atoms with Gasteiger partial charge in [-0.05, 0) is 37.6 Å². The smallest absolute Gasteiger partial charge is 0.0705 e. The number of aryl methyl sites for hydroxylation is 1. The fourth-order valence-electron chi connectivity index (χ4n) is 1.44. The minimum Gasteiger partial charge on any atom is -0.261 e. The van der Waals surface area contributed by atoms with Crippen molar-refractivity contribution < 1.29 is 0 Å². The van der Waals surface area contributed by atoms with Crippen LogP contribution in [0.15, 0.2) is 36.7 Å². The summed E-state index contributed by atoms with van der Waals surface area (Å²) in [5.74, 6) is 0. The summed E-state index contributed by atoms with van der Waals surface area (Å²) in [5, 5.41) is 0. The van der Waals surface area contributed by atoms with Gasteiger partial charge >= 0.3 is 0 Å². The van der Waals surface area contributed by atoms with Gasteiger partial charge in [0.1, 0.15) is 0 Å². The highest BCUT2D eigenvalue weighted by molar-refractivity contribution is 5.63. The van der Waals surface area contributed by atoms with Gasteiger partial charge in [0.25, 0.3) is 0 Å². The quantitative estimate of drug-likeness (QED) is 0.681. The van der Waals surface area contributed by atoms with Gasteiger partial charge in [-0.2, -0.15) is 0 Å². The maximum atomic E-state index is 4.32. The van der Waals surface area contributed by atoms with Crippen LogP contribution < -0.4 is 0 Å². The van der Waals surface area contributed by atoms with Gasteiger partial charge in [0.2, 0.25) is 0 Å². The molecule has 2 heterocycles. The summed E-state index contributed by atoms with van der Waals surface area (Å²) in [6.45, 7) is 4.09. The first-order chi connectivity index (χ1) is 6.79. The highest BCUT2D eigenvalue weighted by atomic mass is 14.7. The Hall–Kier alpha value is -1.70. The van der Waals surface area contributed by atoms with E-state index in [2.05, 4.69) is 16.9 Å². The lowest BCUT2D eigenvalue weighted by molar-refractivity contribution is 1.14. The molecule has 0 aliphatic rings. The van der Waals surface area contributed by atoms with Crippen molar-refractivity contribution in [2.24, 2.45) is 0 Å². The number of hydrogen-bond donors (Lipinski definition) is 0. The molecule has 70 valence electrons. The monoisotopic (exact) mass is 184 g/mol. The van der Waals surface area contributed by atoms with E-state index in [1.54, 1.807) is 0 Å². The molecule has 0 amide bonds. The Balaban J connectivity index is 2.58. The predicted molar refractivity (Wildman–Crippen MR) is 56.9 cm³/mol. The zero-order valence-electron chi connectivity index (χ0n) is 8.36. The Bertz CT molecular complexity index is 435. The molecule has 0 aliphatic heterocycles. The molecule has 0 aromatic carbocycles. The van der Waals surface area contributed by atoms with Gasteiger partial charge in [0.15, 0.2) is 0 Å². The molecule has 0 atom stereocenters. The van der Waals surface area contributed by atoms with E-state index >= 15 is 0 Å². The molecule has 0 radical (unpaired) electrons. The van der Waals surface area contributed by atoms with Crippen LogP contribution in [-0.4, -0.2) is 9.97 Å². The van der Waals surface area contributed by atoms with E-state index in [-0.39, 0.29) is 0 Å². The van der Waals surface area contributed by atoms with E-state index in [0.29, 0.717) is 0 Å². The van der Waals surface area contributed by atoms with E-state index in [4.69, 9.17) is 0 Å². The Labute approximate surface area is 83.7 Å². The van der Waals surface area contributed by atoms with Crippen LogP contribution in [0, 0.1) is 13.8 Å². The summed E-state index contributed by atoms with van der Waals surface area (Å²) in [6.07, 6.45) is 3.64. The molecule has 0 saturated heterocycles. The van der Waals surface area contributed by atoms with Crippen molar-refractivity contribution in [1.82, 2.24) is 9.97 Å². The first-order valence-electron chi connectivity index (χ1n) is 4.62. The van der Waals surface area contributed by atoms with Crippen molar-refractivity contribution in [3.05, 3.63) is 47.9 Å². The summed E-state index contributed by atoms with van der Waals surface area (Å²) in [5.41, 5.74) is 4.44. The molecule has 0 N–H and O–H groups in total. The maximum Gasteiger partial charge on any atom is 0.0705 e. The molecule has 2 aromatic heterocycles. The molecule has 0 aliphatic carbocycles. The van der Waals surface area contributed by atoms with E-state index in [1.807, 2.05) is 43.6 Å². The minimum atomic E-state index is 1.01. The maximum absolute atomic E-state index is 4.32. The highest BCUT2D eigenvalue weighted by Crippen LogP contribution is 2.21. The van der Waals surface area contributed by atoms with E-state index in [0.717, 1.165) is 17.0 Å². The SMILES string of the molecule is Cc1nccc(-c2ccccn2)c1C. The molecule has 14 heavy (non-hydrogen) atoms. The Morgan fingerprint density at radius 1 is 0.929 bits per heavy atom. The van der Waals surface area contributed by atoms with Crippen molar-refractivity contribution in [3.63, 3.8) is 0 Å². The third kappa shape index (κ3) is 1.51. The summed E-state index contributed by atoms with van der Waals surface area (Å²) in [6, 6.07) is 7.94. The van der Waals surface area contributed by atoms with Crippen molar-refractivity contribution in [1.29, 1.82) is 0 Å². The molecule has 2 nitrogen and oxygen atoms in total. The topological polar surface area (TPSA) is 25.8 Å². The minimum absolute atomic E-state index is 1.01. The van der Waals surface area contributed by atoms with Gasteiger partial charge in [-0.1, -0.05) is 6.07 Å². The van der Waals surface area contributed by atoms with Crippen LogP contribution >= 0.6 is 0 Å². The van der Waals surface area contributed by atoms with E-state index in [1.165, 1.54) is 5.56 Å². The molecule has 0 saturated carbocycles. The fraction of sp³-hybridized carbons (Fsp3) is 0.167. The largest absolute Gasteiger partial charge is 0.261 e. The van der Waals surface area contributed by atoms with E-state index in [9.17, 15) is 0 Å². The van der Waals surface area contributed by atoms with Crippen molar-refractivity contribution in [2.75, 3.05) is 0 Å². The number of aromatic nitrogens is 2. The highest BCUT2D eigenvalue weighted by Gasteiger charge is 2.04. The first-order valence-corrected chi connectivity index (χ1v) is 4.62. The van der Waals surface area contributed by atoms with Crippen LogP contribution in [0.3, 0.4) is 0 Å². The van der Waals surface area contributed by atoms with Crippen LogP contribution in [0.5, 0.6) is 0 Å². The summed E-state index contributed by atoms with van der Waals surface area (Å²) in [4.78, 5) is 8.56. The van der Waals surface area contributed by atoms with Crippen LogP contribution in [0.1, 0.15) is 11.3 Å². The molecular weight excluding hydrogens is 172 g/mol. The van der Waals surface area contributed by atoms with Crippen molar-refractivity contribution in [2.45, 2.75) is 13.8 Å². The molecule has 2 heteroatoms. The molecule has 0 unspecified atom stereocenters. The lowest BCUT2D eigenvalue weighted by atomic mass is 10.1. The normalized spacial score (nSPS) is 10.1. The van der Waals surface area contributed by atoms with Gasteiger partial charge in [-0.15, -0.1) is 0 Å².